The summed E-state index contributed by atoms with van der Waals surface area (Å²) in [6.45, 7) is 2.30. The van der Waals surface area contributed by atoms with Gasteiger partial charge in [0.2, 0.25) is 0 Å². The van der Waals surface area contributed by atoms with Gasteiger partial charge in [-0.15, -0.1) is 0 Å². The van der Waals surface area contributed by atoms with Crippen LogP contribution in [0.3, 0.4) is 0 Å². The van der Waals surface area contributed by atoms with Crippen LogP contribution in [0.15, 0.2) is 12.2 Å². The average Bonchev–Trinajstić information content (AvgIpc) is 3.03. The zero-order valence-corrected chi connectivity index (χ0v) is 13.7. The van der Waals surface area contributed by atoms with Crippen molar-refractivity contribution in [2.75, 3.05) is 21.3 Å². The van der Waals surface area contributed by atoms with E-state index in [2.05, 4.69) is 19.1 Å². The lowest BCUT2D eigenvalue weighted by molar-refractivity contribution is 0.118. The fraction of sp³-hybridized carbons (Fsp3) is 0.867. The quantitative estimate of drug-likeness (QED) is 0.504. The highest BCUT2D eigenvalue weighted by Gasteiger charge is 2.46. The summed E-state index contributed by atoms with van der Waals surface area (Å²) in [4.78, 5) is 0. The zero-order chi connectivity index (χ0) is 13.9. The van der Waals surface area contributed by atoms with Crippen LogP contribution in [0.4, 0.5) is 0 Å². The molecule has 4 unspecified atom stereocenters. The predicted molar refractivity (Wildman–Crippen MR) is 78.8 cm³/mol. The maximum Gasteiger partial charge on any atom is 0.500 e. The third-order valence-electron chi connectivity index (χ3n) is 5.14. The molecule has 0 amide bonds. The van der Waals surface area contributed by atoms with E-state index in [1.165, 1.54) is 25.7 Å². The molecule has 1 fully saturated rings. The van der Waals surface area contributed by atoms with Crippen molar-refractivity contribution in [1.29, 1.82) is 0 Å². The molecule has 3 nitrogen and oxygen atoms in total. The molecule has 2 rings (SSSR count). The largest absolute Gasteiger partial charge is 0.500 e. The Morgan fingerprint density at radius 1 is 0.947 bits per heavy atom. The van der Waals surface area contributed by atoms with E-state index in [0.29, 0.717) is 0 Å². The summed E-state index contributed by atoms with van der Waals surface area (Å²) in [7, 11) is 2.75. The van der Waals surface area contributed by atoms with Crippen LogP contribution in [0.5, 0.6) is 0 Å². The van der Waals surface area contributed by atoms with Crippen molar-refractivity contribution in [1.82, 2.24) is 0 Å². The lowest BCUT2D eigenvalue weighted by Gasteiger charge is -2.31. The molecule has 4 heteroatoms. The van der Waals surface area contributed by atoms with Gasteiger partial charge in [-0.3, -0.25) is 0 Å². The molecule has 0 aromatic rings. The van der Waals surface area contributed by atoms with Crippen LogP contribution in [0, 0.1) is 23.7 Å². The first-order valence-corrected chi connectivity index (χ1v) is 9.46. The van der Waals surface area contributed by atoms with Gasteiger partial charge in [0.1, 0.15) is 0 Å². The Bertz CT molecular complexity index is 306. The first kappa shape index (κ1) is 15.2. The van der Waals surface area contributed by atoms with Gasteiger partial charge < -0.3 is 13.3 Å². The van der Waals surface area contributed by atoms with E-state index in [1.807, 2.05) is 0 Å². The second kappa shape index (κ2) is 6.53. The average molecular weight is 284 g/mol. The normalized spacial score (nSPS) is 33.3. The Labute approximate surface area is 118 Å². The van der Waals surface area contributed by atoms with Gasteiger partial charge >= 0.3 is 8.80 Å². The molecular weight excluding hydrogens is 256 g/mol. The van der Waals surface area contributed by atoms with Crippen LogP contribution in [0.25, 0.3) is 0 Å². The van der Waals surface area contributed by atoms with E-state index in [1.54, 1.807) is 21.3 Å². The molecule has 1 saturated carbocycles. The van der Waals surface area contributed by atoms with Gasteiger partial charge in [0.05, 0.1) is 0 Å². The third kappa shape index (κ3) is 2.97. The molecular formula is C15H28O3Si. The fourth-order valence-electron chi connectivity index (χ4n) is 4.12. The van der Waals surface area contributed by atoms with Crippen molar-refractivity contribution in [3.8, 4) is 0 Å². The number of fused-ring (bicyclic) bond motifs is 2. The van der Waals surface area contributed by atoms with Crippen molar-refractivity contribution in [3.63, 3.8) is 0 Å². The SMILES string of the molecule is CCCC1C2C=CC(C2)C1CC[Si](OC)(OC)OC. The molecule has 0 heterocycles. The highest BCUT2D eigenvalue weighted by molar-refractivity contribution is 6.60. The number of rotatable bonds is 8. The second-order valence-corrected chi connectivity index (χ2v) is 8.99. The molecule has 19 heavy (non-hydrogen) atoms. The Morgan fingerprint density at radius 2 is 1.47 bits per heavy atom. The number of hydrogen-bond donors (Lipinski definition) is 0. The summed E-state index contributed by atoms with van der Waals surface area (Å²) in [5, 5.41) is 0. The molecule has 2 bridgehead atoms. The fourth-order valence-corrected chi connectivity index (χ4v) is 5.92. The number of allylic oxidation sites excluding steroid dienone is 2. The summed E-state index contributed by atoms with van der Waals surface area (Å²) < 4.78 is 16.6. The van der Waals surface area contributed by atoms with Crippen molar-refractivity contribution in [3.05, 3.63) is 12.2 Å². The molecule has 0 spiro atoms. The Balaban J connectivity index is 1.96. The van der Waals surface area contributed by atoms with Gasteiger partial charge in [-0.1, -0.05) is 25.5 Å². The second-order valence-electron chi connectivity index (χ2n) is 5.90. The summed E-state index contributed by atoms with van der Waals surface area (Å²) in [5.74, 6) is 3.30. The smallest absolute Gasteiger partial charge is 0.377 e. The van der Waals surface area contributed by atoms with E-state index < -0.39 is 8.80 Å². The highest BCUT2D eigenvalue weighted by Crippen LogP contribution is 2.51. The van der Waals surface area contributed by atoms with E-state index in [9.17, 15) is 0 Å². The van der Waals surface area contributed by atoms with Crippen LogP contribution in [-0.4, -0.2) is 30.1 Å². The first-order valence-electron chi connectivity index (χ1n) is 7.53. The van der Waals surface area contributed by atoms with E-state index in [0.717, 1.165) is 29.7 Å². The van der Waals surface area contributed by atoms with E-state index >= 15 is 0 Å². The summed E-state index contributed by atoms with van der Waals surface area (Å²) in [6, 6.07) is 0.943. The summed E-state index contributed by atoms with van der Waals surface area (Å²) in [5.41, 5.74) is 0. The first-order chi connectivity index (χ1) is 9.19. The lowest BCUT2D eigenvalue weighted by atomic mass is 9.79. The van der Waals surface area contributed by atoms with Crippen LogP contribution >= 0.6 is 0 Å². The predicted octanol–water partition coefficient (Wildman–Crippen LogP) is 3.49. The summed E-state index contributed by atoms with van der Waals surface area (Å²) >= 11 is 0. The Morgan fingerprint density at radius 3 is 1.95 bits per heavy atom. The van der Waals surface area contributed by atoms with Gasteiger partial charge in [-0.05, 0) is 42.9 Å². The van der Waals surface area contributed by atoms with Crippen LogP contribution in [-0.2, 0) is 13.3 Å². The van der Waals surface area contributed by atoms with Gasteiger partial charge in [-0.25, -0.2) is 0 Å². The van der Waals surface area contributed by atoms with Gasteiger partial charge in [0.25, 0.3) is 0 Å². The standard InChI is InChI=1S/C15H28O3Si/c1-5-6-14-12-7-8-13(11-12)15(14)9-10-19(16-2,17-3)18-4/h7-8,12-15H,5-6,9-11H2,1-4H3. The van der Waals surface area contributed by atoms with Crippen LogP contribution in [0.1, 0.15) is 32.6 Å². The van der Waals surface area contributed by atoms with E-state index in [4.69, 9.17) is 13.3 Å². The summed E-state index contributed by atoms with van der Waals surface area (Å²) in [6.07, 6.45) is 10.1. The molecule has 0 radical (unpaired) electrons. The van der Waals surface area contributed by atoms with Crippen molar-refractivity contribution in [2.24, 2.45) is 23.7 Å². The molecule has 2 aliphatic rings. The Kier molecular flexibility index (Phi) is 5.23. The molecule has 0 aliphatic heterocycles. The zero-order valence-electron chi connectivity index (χ0n) is 12.7. The molecule has 0 N–H and O–H groups in total. The maximum atomic E-state index is 5.55. The number of hydrogen-bond acceptors (Lipinski definition) is 3. The highest BCUT2D eigenvalue weighted by atomic mass is 28.4. The maximum absolute atomic E-state index is 5.55. The molecule has 0 aromatic heterocycles. The minimum Gasteiger partial charge on any atom is -0.377 e. The molecule has 0 aromatic carbocycles. The van der Waals surface area contributed by atoms with Crippen LogP contribution in [0.2, 0.25) is 6.04 Å². The minimum atomic E-state index is -2.39. The molecule has 2 aliphatic carbocycles. The van der Waals surface area contributed by atoms with Crippen molar-refractivity contribution in [2.45, 2.75) is 38.7 Å². The monoisotopic (exact) mass is 284 g/mol. The lowest BCUT2D eigenvalue weighted by Crippen LogP contribution is -2.43. The third-order valence-corrected chi connectivity index (χ3v) is 7.91. The topological polar surface area (TPSA) is 27.7 Å². The van der Waals surface area contributed by atoms with E-state index in [-0.39, 0.29) is 0 Å². The Hall–Kier alpha value is -0.163. The minimum absolute atomic E-state index is 0.791. The van der Waals surface area contributed by atoms with Gasteiger partial charge in [-0.2, -0.15) is 0 Å². The molecule has 0 saturated heterocycles. The van der Waals surface area contributed by atoms with Gasteiger partial charge in [0, 0.05) is 27.4 Å². The van der Waals surface area contributed by atoms with Crippen LogP contribution < -0.4 is 0 Å². The van der Waals surface area contributed by atoms with Crippen molar-refractivity contribution < 1.29 is 13.3 Å². The molecule has 4 atom stereocenters. The van der Waals surface area contributed by atoms with Crippen molar-refractivity contribution >= 4 is 8.80 Å². The van der Waals surface area contributed by atoms with Gasteiger partial charge in [0.15, 0.2) is 0 Å². The molecule has 110 valence electrons.